The van der Waals surface area contributed by atoms with Crippen molar-refractivity contribution in [3.63, 3.8) is 0 Å². The van der Waals surface area contributed by atoms with Gasteiger partial charge in [-0.05, 0) is 162 Å². The minimum Gasteiger partial charge on any atom is -0.481 e. The zero-order chi connectivity index (χ0) is 46.6. The van der Waals surface area contributed by atoms with Crippen LogP contribution in [0.4, 0.5) is 0 Å². The first-order chi connectivity index (χ1) is 31.1. The summed E-state index contributed by atoms with van der Waals surface area (Å²) in [7, 11) is 0. The third kappa shape index (κ3) is 14.4. The van der Waals surface area contributed by atoms with Crippen LogP contribution in [-0.2, 0) is 57.7 Å². The number of aromatic nitrogens is 4. The van der Waals surface area contributed by atoms with Gasteiger partial charge in [-0.25, -0.2) is 0 Å². The fourth-order valence-electron chi connectivity index (χ4n) is 9.18. The average molecular weight is 922 g/mol. The average Bonchev–Trinajstić information content (AvgIpc) is 4.11. The van der Waals surface area contributed by atoms with Crippen molar-refractivity contribution in [2.24, 2.45) is 29.4 Å². The summed E-state index contributed by atoms with van der Waals surface area (Å²) >= 11 is 12.3. The molecule has 1 amide bonds. The van der Waals surface area contributed by atoms with Gasteiger partial charge >= 0.3 is 5.97 Å². The van der Waals surface area contributed by atoms with Crippen LogP contribution in [0.25, 0.3) is 10.1 Å². The number of aryl methyl sites for hydroxylation is 4. The summed E-state index contributed by atoms with van der Waals surface area (Å²) in [6.07, 6.45) is 22.4. The summed E-state index contributed by atoms with van der Waals surface area (Å²) in [6, 6.07) is 11.5. The van der Waals surface area contributed by atoms with Gasteiger partial charge in [0.15, 0.2) is 5.78 Å². The SMILES string of the molecule is C[C@H](N)C(=O)CCc1cnc2c(c1)C(Cl)=CC2.Cc1cc(C[C@@H]2CC[C@@H](C(=O)N[C@@H](C)C(=O)CCc3cnc4c(c3)C(Cl)=CC4)C2)ccn1.Cc1cc(C[C@@H]2CC[C@@H](C(=O)O)C2)ccn1. The van der Waals surface area contributed by atoms with Gasteiger partial charge in [0, 0.05) is 89.0 Å². The lowest BCUT2D eigenvalue weighted by atomic mass is 9.96. The Morgan fingerprint density at radius 2 is 1.17 bits per heavy atom. The molecule has 4 aliphatic rings. The number of fused-ring (bicyclic) bond motifs is 2. The molecule has 6 atom stereocenters. The van der Waals surface area contributed by atoms with Crippen molar-refractivity contribution in [2.45, 2.75) is 130 Å². The first kappa shape index (κ1) is 49.3. The smallest absolute Gasteiger partial charge is 0.306 e. The van der Waals surface area contributed by atoms with E-state index >= 15 is 0 Å². The first-order valence-electron chi connectivity index (χ1n) is 23.0. The largest absolute Gasteiger partial charge is 0.481 e. The van der Waals surface area contributed by atoms with Crippen LogP contribution < -0.4 is 11.1 Å². The van der Waals surface area contributed by atoms with Gasteiger partial charge in [-0.1, -0.05) is 35.4 Å². The van der Waals surface area contributed by atoms with Crippen molar-refractivity contribution in [1.29, 1.82) is 0 Å². The van der Waals surface area contributed by atoms with Crippen LogP contribution in [0.5, 0.6) is 0 Å². The van der Waals surface area contributed by atoms with E-state index in [4.69, 9.17) is 34.0 Å². The van der Waals surface area contributed by atoms with Crippen LogP contribution >= 0.6 is 23.2 Å². The van der Waals surface area contributed by atoms with Gasteiger partial charge in [-0.2, -0.15) is 0 Å². The molecule has 4 N–H and O–H groups in total. The standard InChI is InChI=1S/C26H30ClN3O2.C13H15ClN2O.C13H17NO2/c1-16-11-19(9-10-28-16)12-18-3-5-21(13-18)26(32)30-17(2)25(31)8-4-20-14-22-23(27)6-7-24(22)29-15-20;1-8(15)13(17)5-2-9-6-10-11(14)3-4-12(10)16-7-9;1-9-6-11(4-5-14-9)7-10-2-3-12(8-10)13(15)16/h6,9-11,14-15,17-18,21H,3-5,7-8,12-13H2,1-2H3,(H,30,32);3,6-8H,2,4-5,15H2,1H3;4-6,10,12H,2-3,7-8H2,1H3,(H,15,16)/t17-,18-,21+;8-;10-,12+/m000/s1. The predicted octanol–water partition coefficient (Wildman–Crippen LogP) is 9.09. The molecule has 2 fully saturated rings. The first-order valence-corrected chi connectivity index (χ1v) is 23.7. The molecule has 4 aromatic heterocycles. The van der Waals surface area contributed by atoms with Gasteiger partial charge in [0.1, 0.15) is 5.78 Å². The van der Waals surface area contributed by atoms with E-state index in [9.17, 15) is 19.2 Å². The lowest BCUT2D eigenvalue weighted by Gasteiger charge is -2.17. The van der Waals surface area contributed by atoms with Crippen molar-refractivity contribution in [1.82, 2.24) is 25.3 Å². The number of aliphatic carboxylic acids is 1. The molecule has 4 aliphatic carbocycles. The van der Waals surface area contributed by atoms with Crippen LogP contribution in [0.3, 0.4) is 0 Å². The van der Waals surface area contributed by atoms with Gasteiger partial charge in [0.2, 0.25) is 5.91 Å². The fourth-order valence-corrected chi connectivity index (χ4v) is 9.66. The lowest BCUT2D eigenvalue weighted by Crippen LogP contribution is -2.41. The highest BCUT2D eigenvalue weighted by Crippen LogP contribution is 2.35. The Balaban J connectivity index is 0.000000178. The number of Topliss-reactive ketones (excluding diaryl/α,β-unsaturated/α-hetero) is 2. The molecule has 2 saturated carbocycles. The van der Waals surface area contributed by atoms with Crippen molar-refractivity contribution < 1.29 is 24.3 Å². The quantitative estimate of drug-likeness (QED) is 0.104. The van der Waals surface area contributed by atoms with E-state index in [1.165, 1.54) is 11.1 Å². The minimum atomic E-state index is -0.631. The van der Waals surface area contributed by atoms with Crippen molar-refractivity contribution in [3.8, 4) is 0 Å². The van der Waals surface area contributed by atoms with Gasteiger partial charge in [-0.15, -0.1) is 0 Å². The van der Waals surface area contributed by atoms with Crippen LogP contribution in [-0.4, -0.2) is 60.6 Å². The van der Waals surface area contributed by atoms with E-state index in [2.05, 4.69) is 43.5 Å². The number of hydrogen-bond acceptors (Lipinski definition) is 9. The van der Waals surface area contributed by atoms with Gasteiger partial charge in [0.05, 0.1) is 29.4 Å². The second-order valence-corrected chi connectivity index (χ2v) is 19.1. The predicted molar refractivity (Wildman–Crippen MR) is 256 cm³/mol. The van der Waals surface area contributed by atoms with Crippen molar-refractivity contribution in [2.75, 3.05) is 0 Å². The summed E-state index contributed by atoms with van der Waals surface area (Å²) < 4.78 is 0. The third-order valence-electron chi connectivity index (χ3n) is 13.0. The number of hydrogen-bond donors (Lipinski definition) is 3. The van der Waals surface area contributed by atoms with Crippen LogP contribution in [0.1, 0.15) is 121 Å². The molecule has 0 saturated heterocycles. The Bertz CT molecular complexity index is 2420. The Morgan fingerprint density at radius 3 is 1.63 bits per heavy atom. The number of halogens is 2. The maximum absolute atomic E-state index is 12.7. The molecule has 13 heteroatoms. The molecule has 0 unspecified atom stereocenters. The van der Waals surface area contributed by atoms with E-state index in [-0.39, 0.29) is 35.4 Å². The number of carbonyl (C=O) groups excluding carboxylic acids is 3. The molecule has 0 aromatic carbocycles. The number of carboxylic acid groups (broad SMARTS) is 1. The second kappa shape index (κ2) is 23.4. The molecule has 0 radical (unpaired) electrons. The summed E-state index contributed by atoms with van der Waals surface area (Å²) in [5.74, 6) is 0.411. The highest BCUT2D eigenvalue weighted by atomic mass is 35.5. The molecule has 65 heavy (non-hydrogen) atoms. The van der Waals surface area contributed by atoms with E-state index in [1.54, 1.807) is 13.8 Å². The van der Waals surface area contributed by atoms with E-state index < -0.39 is 12.0 Å². The topological polar surface area (TPSA) is 178 Å². The number of pyridine rings is 4. The molecule has 4 heterocycles. The van der Waals surface area contributed by atoms with E-state index in [0.717, 1.165) is 119 Å². The maximum atomic E-state index is 12.7. The van der Waals surface area contributed by atoms with Crippen molar-refractivity contribution >= 4 is 56.7 Å². The Kier molecular flexibility index (Phi) is 17.7. The summed E-state index contributed by atoms with van der Waals surface area (Å²) in [6.45, 7) is 7.48. The van der Waals surface area contributed by atoms with Crippen LogP contribution in [0, 0.1) is 37.5 Å². The Labute approximate surface area is 393 Å². The number of nitrogens with one attached hydrogen (secondary N) is 1. The third-order valence-corrected chi connectivity index (χ3v) is 13.7. The van der Waals surface area contributed by atoms with Gasteiger partial charge in [0.25, 0.3) is 0 Å². The summed E-state index contributed by atoms with van der Waals surface area (Å²) in [4.78, 5) is 64.9. The highest BCUT2D eigenvalue weighted by molar-refractivity contribution is 6.49. The highest BCUT2D eigenvalue weighted by Gasteiger charge is 2.32. The molecule has 11 nitrogen and oxygen atoms in total. The van der Waals surface area contributed by atoms with E-state index in [1.807, 2.05) is 69.0 Å². The number of ketones is 2. The van der Waals surface area contributed by atoms with Gasteiger partial charge < -0.3 is 16.2 Å². The number of carbonyl (C=O) groups is 4. The number of rotatable bonds is 15. The number of carboxylic acids is 1. The monoisotopic (exact) mass is 920 g/mol. The molecule has 8 rings (SSSR count). The molecule has 4 aromatic rings. The number of nitrogens with zero attached hydrogens (tertiary/aromatic N) is 4. The maximum Gasteiger partial charge on any atom is 0.306 e. The van der Waals surface area contributed by atoms with Crippen LogP contribution in [0.15, 0.2) is 73.3 Å². The lowest BCUT2D eigenvalue weighted by molar-refractivity contribution is -0.141. The number of amides is 1. The molecular weight excluding hydrogens is 860 g/mol. The van der Waals surface area contributed by atoms with Crippen molar-refractivity contribution in [3.05, 3.63) is 129 Å². The van der Waals surface area contributed by atoms with Gasteiger partial charge in [-0.3, -0.25) is 39.1 Å². The summed E-state index contributed by atoms with van der Waals surface area (Å²) in [5, 5.41) is 13.4. The number of nitrogens with two attached hydrogens (primary N) is 1. The second-order valence-electron chi connectivity index (χ2n) is 18.2. The Hall–Kier alpha value is -5.10. The molecule has 344 valence electrons. The Morgan fingerprint density at radius 1 is 0.692 bits per heavy atom. The number of allylic oxidation sites excluding steroid dienone is 2. The van der Waals surface area contributed by atoms with E-state index in [0.29, 0.717) is 37.5 Å². The molecule has 0 aliphatic heterocycles. The minimum absolute atomic E-state index is 0.00646. The zero-order valence-corrected chi connectivity index (χ0v) is 39.5. The normalized spacial score (nSPS) is 20.2. The molecular formula is C52H62Cl2N6O5. The zero-order valence-electron chi connectivity index (χ0n) is 38.0. The molecule has 0 spiro atoms. The fraction of sp³-hybridized carbons (Fsp3) is 0.462. The summed E-state index contributed by atoms with van der Waals surface area (Å²) in [5.41, 5.74) is 16.1. The molecule has 0 bridgehead atoms. The van der Waals surface area contributed by atoms with Crippen LogP contribution in [0.2, 0.25) is 0 Å².